The smallest absolute Gasteiger partial charge is 0.291 e. The third-order valence-corrected chi connectivity index (χ3v) is 4.42. The highest BCUT2D eigenvalue weighted by atomic mass is 16.2. The van der Waals surface area contributed by atoms with Crippen molar-refractivity contribution in [2.45, 2.75) is 39.0 Å². The van der Waals surface area contributed by atoms with Crippen LogP contribution in [0.5, 0.6) is 0 Å². The van der Waals surface area contributed by atoms with Gasteiger partial charge in [-0.2, -0.15) is 0 Å². The summed E-state index contributed by atoms with van der Waals surface area (Å²) in [4.78, 5) is 28.3. The predicted molar refractivity (Wildman–Crippen MR) is 82.5 cm³/mol. The normalized spacial score (nSPS) is 20.3. The van der Waals surface area contributed by atoms with Crippen LogP contribution in [0.1, 0.15) is 48.0 Å². The lowest BCUT2D eigenvalue weighted by Crippen LogP contribution is -2.42. The van der Waals surface area contributed by atoms with Gasteiger partial charge in [-0.1, -0.05) is 30.9 Å². The molecule has 2 aliphatic rings. The van der Waals surface area contributed by atoms with E-state index in [0.29, 0.717) is 12.2 Å². The molecule has 0 saturated carbocycles. The Morgan fingerprint density at radius 3 is 2.38 bits per heavy atom. The topological polar surface area (TPSA) is 40.6 Å². The van der Waals surface area contributed by atoms with E-state index in [2.05, 4.69) is 4.90 Å². The van der Waals surface area contributed by atoms with Crippen LogP contribution in [0.4, 0.5) is 5.69 Å². The minimum absolute atomic E-state index is 0.360. The number of likely N-dealkylation sites (tertiary alicyclic amines) is 1. The van der Waals surface area contributed by atoms with E-state index in [1.54, 1.807) is 4.90 Å². The van der Waals surface area contributed by atoms with Gasteiger partial charge in [0, 0.05) is 0 Å². The van der Waals surface area contributed by atoms with Crippen LogP contribution in [0.15, 0.2) is 18.2 Å². The molecule has 3 rings (SSSR count). The van der Waals surface area contributed by atoms with Gasteiger partial charge < -0.3 is 0 Å². The van der Waals surface area contributed by atoms with E-state index in [9.17, 15) is 9.59 Å². The predicted octanol–water partition coefficient (Wildman–Crippen LogP) is 2.75. The molecule has 0 spiro atoms. The second kappa shape index (κ2) is 5.98. The lowest BCUT2D eigenvalue weighted by atomic mass is 10.1. The Kier molecular flexibility index (Phi) is 4.06. The molecule has 1 aromatic rings. The maximum Gasteiger partial charge on any atom is 0.300 e. The highest BCUT2D eigenvalue weighted by Crippen LogP contribution is 2.30. The summed E-state index contributed by atoms with van der Waals surface area (Å²) < 4.78 is 0. The Morgan fingerprint density at radius 2 is 1.67 bits per heavy atom. The first-order valence-electron chi connectivity index (χ1n) is 7.86. The zero-order chi connectivity index (χ0) is 14.8. The summed E-state index contributed by atoms with van der Waals surface area (Å²) in [6.45, 7) is 4.51. The molecule has 0 bridgehead atoms. The van der Waals surface area contributed by atoms with Gasteiger partial charge in [0.25, 0.3) is 5.78 Å². The monoisotopic (exact) mass is 286 g/mol. The molecule has 0 N–H and O–H groups in total. The second-order valence-corrected chi connectivity index (χ2v) is 6.11. The molecular weight excluding hydrogens is 264 g/mol. The van der Waals surface area contributed by atoms with Crippen molar-refractivity contribution in [2.75, 3.05) is 24.7 Å². The van der Waals surface area contributed by atoms with E-state index in [4.69, 9.17) is 0 Å². The average molecular weight is 286 g/mol. The van der Waals surface area contributed by atoms with Crippen LogP contribution in [-0.4, -0.2) is 36.3 Å². The van der Waals surface area contributed by atoms with E-state index < -0.39 is 0 Å². The second-order valence-electron chi connectivity index (χ2n) is 6.11. The molecular formula is C17H22N2O2. The quantitative estimate of drug-likeness (QED) is 0.785. The van der Waals surface area contributed by atoms with E-state index in [-0.39, 0.29) is 11.7 Å². The van der Waals surface area contributed by atoms with Gasteiger partial charge in [-0.3, -0.25) is 19.4 Å². The van der Waals surface area contributed by atoms with Crippen LogP contribution in [0.25, 0.3) is 0 Å². The highest BCUT2D eigenvalue weighted by Gasteiger charge is 2.36. The number of carbonyl (C=O) groups is 2. The van der Waals surface area contributed by atoms with E-state index in [0.717, 1.165) is 24.3 Å². The van der Waals surface area contributed by atoms with Crippen molar-refractivity contribution >= 4 is 17.4 Å². The van der Waals surface area contributed by atoms with Crippen molar-refractivity contribution < 1.29 is 9.59 Å². The van der Waals surface area contributed by atoms with Crippen LogP contribution in [0, 0.1) is 6.92 Å². The number of anilines is 1. The first-order valence-corrected chi connectivity index (χ1v) is 7.86. The third kappa shape index (κ3) is 2.86. The Hall–Kier alpha value is -1.68. The fraction of sp³-hybridized carbons (Fsp3) is 0.529. The fourth-order valence-electron chi connectivity index (χ4n) is 3.21. The van der Waals surface area contributed by atoms with Crippen LogP contribution >= 0.6 is 0 Å². The summed E-state index contributed by atoms with van der Waals surface area (Å²) in [5.74, 6) is -0.738. The van der Waals surface area contributed by atoms with Crippen molar-refractivity contribution in [3.8, 4) is 0 Å². The number of Topliss-reactive ketones (excluding diaryl/α,β-unsaturated/α-hetero) is 1. The molecule has 0 atom stereocenters. The standard InChI is InChI=1S/C17H22N2O2/c1-13-7-8-15-14(11-13)16(20)17(21)19(15)12-18-9-5-3-2-4-6-10-18/h7-8,11H,2-6,9-10,12H2,1H3. The van der Waals surface area contributed by atoms with Gasteiger partial charge in [0.05, 0.1) is 17.9 Å². The maximum absolute atomic E-state index is 12.3. The van der Waals surface area contributed by atoms with E-state index >= 15 is 0 Å². The minimum Gasteiger partial charge on any atom is -0.291 e. The first kappa shape index (κ1) is 14.3. The number of hydrogen-bond acceptors (Lipinski definition) is 3. The number of carbonyl (C=O) groups excluding carboxylic acids is 2. The first-order chi connectivity index (χ1) is 10.2. The number of ketones is 1. The van der Waals surface area contributed by atoms with Gasteiger partial charge in [0.1, 0.15) is 0 Å². The van der Waals surface area contributed by atoms with Crippen LogP contribution in [0.2, 0.25) is 0 Å². The number of fused-ring (bicyclic) bond motifs is 1. The molecule has 1 aromatic carbocycles. The Balaban J connectivity index is 1.79. The van der Waals surface area contributed by atoms with Crippen molar-refractivity contribution in [1.29, 1.82) is 0 Å². The van der Waals surface area contributed by atoms with Crippen LogP contribution in [0.3, 0.4) is 0 Å². The Bertz CT molecular complexity index is 560. The summed E-state index contributed by atoms with van der Waals surface area (Å²) in [6.07, 6.45) is 6.20. The van der Waals surface area contributed by atoms with Crippen molar-refractivity contribution in [1.82, 2.24) is 4.90 Å². The van der Waals surface area contributed by atoms with Gasteiger partial charge >= 0.3 is 5.91 Å². The van der Waals surface area contributed by atoms with Crippen LogP contribution < -0.4 is 4.90 Å². The maximum atomic E-state index is 12.3. The zero-order valence-corrected chi connectivity index (χ0v) is 12.6. The molecule has 2 aliphatic heterocycles. The van der Waals surface area contributed by atoms with Gasteiger partial charge in [-0.15, -0.1) is 0 Å². The Morgan fingerprint density at radius 1 is 1.00 bits per heavy atom. The number of nitrogens with zero attached hydrogens (tertiary/aromatic N) is 2. The number of rotatable bonds is 2. The lowest BCUT2D eigenvalue weighted by molar-refractivity contribution is -0.114. The molecule has 21 heavy (non-hydrogen) atoms. The van der Waals surface area contributed by atoms with E-state index in [1.807, 2.05) is 25.1 Å². The summed E-state index contributed by atoms with van der Waals surface area (Å²) >= 11 is 0. The van der Waals surface area contributed by atoms with E-state index in [1.165, 1.54) is 32.1 Å². The highest BCUT2D eigenvalue weighted by molar-refractivity contribution is 6.52. The van der Waals surface area contributed by atoms with Gasteiger partial charge in [0.15, 0.2) is 0 Å². The van der Waals surface area contributed by atoms with Crippen molar-refractivity contribution in [3.05, 3.63) is 29.3 Å². The summed E-state index contributed by atoms with van der Waals surface area (Å²) in [7, 11) is 0. The molecule has 0 aromatic heterocycles. The summed E-state index contributed by atoms with van der Waals surface area (Å²) in [5.41, 5.74) is 2.35. The van der Waals surface area contributed by atoms with Crippen LogP contribution in [-0.2, 0) is 4.79 Å². The fourth-order valence-corrected chi connectivity index (χ4v) is 3.21. The molecule has 1 amide bonds. The third-order valence-electron chi connectivity index (χ3n) is 4.42. The van der Waals surface area contributed by atoms with Gasteiger partial charge in [-0.05, 0) is 45.0 Å². The summed E-state index contributed by atoms with van der Waals surface area (Å²) in [6, 6.07) is 5.69. The molecule has 0 radical (unpaired) electrons. The minimum atomic E-state index is -0.377. The molecule has 2 heterocycles. The zero-order valence-electron chi connectivity index (χ0n) is 12.6. The largest absolute Gasteiger partial charge is 0.300 e. The van der Waals surface area contributed by atoms with Gasteiger partial charge in [-0.25, -0.2) is 0 Å². The lowest BCUT2D eigenvalue weighted by Gasteiger charge is -2.29. The van der Waals surface area contributed by atoms with Gasteiger partial charge in [0.2, 0.25) is 0 Å². The number of amides is 1. The average Bonchev–Trinajstić information content (AvgIpc) is 2.66. The SMILES string of the molecule is Cc1ccc2c(c1)C(=O)C(=O)N2CN1CCCCCCC1. The van der Waals surface area contributed by atoms with Crippen molar-refractivity contribution in [3.63, 3.8) is 0 Å². The molecule has 112 valence electrons. The molecule has 4 heteroatoms. The summed E-state index contributed by atoms with van der Waals surface area (Å²) in [5, 5.41) is 0. The van der Waals surface area contributed by atoms with Crippen molar-refractivity contribution in [2.24, 2.45) is 0 Å². The molecule has 0 aliphatic carbocycles. The molecule has 1 fully saturated rings. The molecule has 1 saturated heterocycles. The molecule has 4 nitrogen and oxygen atoms in total. The number of aryl methyl sites for hydroxylation is 1. The molecule has 0 unspecified atom stereocenters. The number of hydrogen-bond donors (Lipinski definition) is 0. The number of benzene rings is 1. The Labute approximate surface area is 125 Å².